The molecule has 1 rings (SSSR count). The van der Waals surface area contributed by atoms with Crippen molar-refractivity contribution in [1.82, 2.24) is 0 Å². The molecule has 0 aromatic heterocycles. The molecule has 0 atom stereocenters. The van der Waals surface area contributed by atoms with Crippen LogP contribution in [-0.4, -0.2) is 0 Å². The van der Waals surface area contributed by atoms with Gasteiger partial charge in [-0.3, -0.25) is 0 Å². The number of hydrogen-bond donors (Lipinski definition) is 1. The Bertz CT molecular complexity index is 239. The van der Waals surface area contributed by atoms with E-state index in [0.717, 1.165) is 0 Å². The molecule has 54 valence electrons. The lowest BCUT2D eigenvalue weighted by Gasteiger charge is -1.98. The summed E-state index contributed by atoms with van der Waals surface area (Å²) in [5, 5.41) is 0. The summed E-state index contributed by atoms with van der Waals surface area (Å²) in [6, 6.07) is 3.10. The molecular weight excluding hydrogens is 283 g/mol. The van der Waals surface area contributed by atoms with E-state index < -0.39 is 0 Å². The summed E-state index contributed by atoms with van der Waals surface area (Å²) in [6.45, 7) is 0. The Kier molecular flexibility index (Phi) is 2.77. The molecule has 1 aromatic carbocycles. The van der Waals surface area contributed by atoms with Crippen LogP contribution in [0.5, 0.6) is 0 Å². The summed E-state index contributed by atoms with van der Waals surface area (Å²) >= 11 is 10.2. The van der Waals surface area contributed by atoms with Crippen molar-refractivity contribution >= 4 is 44.5 Å². The van der Waals surface area contributed by atoms with E-state index in [9.17, 15) is 4.39 Å². The summed E-state index contributed by atoms with van der Waals surface area (Å²) in [4.78, 5) is 0.590. The average molecular weight is 286 g/mol. The number of hydrogen-bond acceptors (Lipinski definition) is 1. The van der Waals surface area contributed by atoms with Crippen LogP contribution in [0.3, 0.4) is 0 Å². The molecule has 0 unspecified atom stereocenters. The molecule has 0 aliphatic carbocycles. The Balaban J connectivity index is 3.31. The first kappa shape index (κ1) is 8.56. The van der Waals surface area contributed by atoms with Crippen LogP contribution in [0.1, 0.15) is 0 Å². The zero-order valence-corrected chi connectivity index (χ0v) is 8.80. The van der Waals surface area contributed by atoms with Crippen LogP contribution >= 0.6 is 44.5 Å². The van der Waals surface area contributed by atoms with Crippen molar-refractivity contribution in [1.29, 1.82) is 0 Å². The van der Waals surface area contributed by atoms with Gasteiger partial charge in [-0.15, -0.1) is 12.6 Å². The van der Waals surface area contributed by atoms with Crippen LogP contribution in [0.4, 0.5) is 4.39 Å². The average Bonchev–Trinajstić information content (AvgIpc) is 1.82. The van der Waals surface area contributed by atoms with E-state index in [1.54, 1.807) is 6.07 Å². The molecule has 0 fully saturated rings. The molecule has 0 saturated carbocycles. The summed E-state index contributed by atoms with van der Waals surface area (Å²) in [6.07, 6.45) is 0. The second-order valence-electron chi connectivity index (χ2n) is 1.72. The largest absolute Gasteiger partial charge is 0.206 e. The SMILES string of the molecule is Fc1cc(Br)cc(S)c1Br. The van der Waals surface area contributed by atoms with Crippen LogP contribution in [0, 0.1) is 5.82 Å². The minimum absolute atomic E-state index is 0.306. The van der Waals surface area contributed by atoms with E-state index in [-0.39, 0.29) is 5.82 Å². The van der Waals surface area contributed by atoms with Crippen molar-refractivity contribution in [2.75, 3.05) is 0 Å². The highest BCUT2D eigenvalue weighted by Crippen LogP contribution is 2.27. The minimum atomic E-state index is -0.306. The van der Waals surface area contributed by atoms with Gasteiger partial charge in [-0.1, -0.05) is 15.9 Å². The smallest absolute Gasteiger partial charge is 0.139 e. The van der Waals surface area contributed by atoms with Gasteiger partial charge in [0, 0.05) is 9.37 Å². The zero-order valence-electron chi connectivity index (χ0n) is 4.74. The maximum atomic E-state index is 12.7. The highest BCUT2D eigenvalue weighted by molar-refractivity contribution is 9.11. The predicted molar refractivity (Wildman–Crippen MR) is 49.1 cm³/mol. The number of halogens is 3. The molecule has 0 amide bonds. The molecule has 0 radical (unpaired) electrons. The molecule has 10 heavy (non-hydrogen) atoms. The maximum absolute atomic E-state index is 12.7. The van der Waals surface area contributed by atoms with E-state index >= 15 is 0 Å². The van der Waals surface area contributed by atoms with E-state index in [1.165, 1.54) is 6.07 Å². The first-order chi connectivity index (χ1) is 4.61. The second-order valence-corrected chi connectivity index (χ2v) is 3.91. The first-order valence-electron chi connectivity index (χ1n) is 2.45. The Morgan fingerprint density at radius 2 is 1.90 bits per heavy atom. The van der Waals surface area contributed by atoms with Gasteiger partial charge in [0.25, 0.3) is 0 Å². The second kappa shape index (κ2) is 3.24. The van der Waals surface area contributed by atoms with Gasteiger partial charge in [0.05, 0.1) is 4.47 Å². The summed E-state index contributed by atoms with van der Waals surface area (Å²) < 4.78 is 13.8. The maximum Gasteiger partial charge on any atom is 0.139 e. The van der Waals surface area contributed by atoms with E-state index in [1.807, 2.05) is 0 Å². The molecule has 1 aromatic rings. The molecule has 0 aliphatic heterocycles. The van der Waals surface area contributed by atoms with Crippen LogP contribution in [0.15, 0.2) is 26.0 Å². The van der Waals surface area contributed by atoms with Crippen molar-refractivity contribution in [3.05, 3.63) is 26.9 Å². The topological polar surface area (TPSA) is 0 Å². The molecule has 0 heterocycles. The summed E-state index contributed by atoms with van der Waals surface area (Å²) in [5.74, 6) is -0.306. The highest BCUT2D eigenvalue weighted by Gasteiger charge is 2.03. The van der Waals surface area contributed by atoms with Crippen molar-refractivity contribution in [3.63, 3.8) is 0 Å². The van der Waals surface area contributed by atoms with Gasteiger partial charge in [0.1, 0.15) is 5.82 Å². The van der Waals surface area contributed by atoms with Gasteiger partial charge in [-0.05, 0) is 28.1 Å². The van der Waals surface area contributed by atoms with Crippen LogP contribution in [0.2, 0.25) is 0 Å². The summed E-state index contributed by atoms with van der Waals surface area (Å²) in [5.41, 5.74) is 0. The van der Waals surface area contributed by atoms with Gasteiger partial charge < -0.3 is 0 Å². The van der Waals surface area contributed by atoms with E-state index in [4.69, 9.17) is 0 Å². The van der Waals surface area contributed by atoms with Gasteiger partial charge in [0.2, 0.25) is 0 Å². The van der Waals surface area contributed by atoms with Gasteiger partial charge >= 0.3 is 0 Å². The lowest BCUT2D eigenvalue weighted by Crippen LogP contribution is -1.78. The molecule has 0 N–H and O–H groups in total. The molecule has 0 saturated heterocycles. The first-order valence-corrected chi connectivity index (χ1v) is 4.48. The number of thiol groups is 1. The van der Waals surface area contributed by atoms with Crippen LogP contribution < -0.4 is 0 Å². The van der Waals surface area contributed by atoms with Gasteiger partial charge in [-0.2, -0.15) is 0 Å². The van der Waals surface area contributed by atoms with Gasteiger partial charge in [-0.25, -0.2) is 4.39 Å². The van der Waals surface area contributed by atoms with Crippen molar-refractivity contribution < 1.29 is 4.39 Å². The van der Waals surface area contributed by atoms with Crippen LogP contribution in [0.25, 0.3) is 0 Å². The van der Waals surface area contributed by atoms with Crippen molar-refractivity contribution in [3.8, 4) is 0 Å². The molecular formula is C6H3Br2FS. The quantitative estimate of drug-likeness (QED) is 0.546. The highest BCUT2D eigenvalue weighted by atomic mass is 79.9. The fourth-order valence-corrected chi connectivity index (χ4v) is 1.62. The number of rotatable bonds is 0. The number of benzene rings is 1. The zero-order chi connectivity index (χ0) is 7.72. The summed E-state index contributed by atoms with van der Waals surface area (Å²) in [7, 11) is 0. The third kappa shape index (κ3) is 1.74. The third-order valence-electron chi connectivity index (χ3n) is 0.974. The monoisotopic (exact) mass is 284 g/mol. The van der Waals surface area contributed by atoms with Crippen molar-refractivity contribution in [2.45, 2.75) is 4.90 Å². The van der Waals surface area contributed by atoms with Gasteiger partial charge in [0.15, 0.2) is 0 Å². The minimum Gasteiger partial charge on any atom is -0.206 e. The lowest BCUT2D eigenvalue weighted by atomic mass is 10.3. The fourth-order valence-electron chi connectivity index (χ4n) is 0.542. The van der Waals surface area contributed by atoms with Crippen LogP contribution in [-0.2, 0) is 0 Å². The lowest BCUT2D eigenvalue weighted by molar-refractivity contribution is 0.615. The Morgan fingerprint density at radius 3 is 2.40 bits per heavy atom. The molecule has 4 heteroatoms. The predicted octanol–water partition coefficient (Wildman–Crippen LogP) is 3.64. The van der Waals surface area contributed by atoms with E-state index in [2.05, 4.69) is 44.5 Å². The Morgan fingerprint density at radius 1 is 1.30 bits per heavy atom. The van der Waals surface area contributed by atoms with E-state index in [0.29, 0.717) is 13.8 Å². The molecule has 0 nitrogen and oxygen atoms in total. The Labute approximate surface area is 80.5 Å². The normalized spacial score (nSPS) is 10.0. The third-order valence-corrected chi connectivity index (χ3v) is 2.90. The Hall–Kier alpha value is 0.460. The standard InChI is InChI=1S/C6H3Br2FS/c7-3-1-4(9)6(8)5(10)2-3/h1-2,10H. The molecule has 0 spiro atoms. The fraction of sp³-hybridized carbons (Fsp3) is 0. The van der Waals surface area contributed by atoms with Crippen molar-refractivity contribution in [2.24, 2.45) is 0 Å². The molecule has 0 bridgehead atoms. The molecule has 0 aliphatic rings.